The third-order valence-corrected chi connectivity index (χ3v) is 5.35. The minimum Gasteiger partial charge on any atom is -0.387 e. The second-order valence-corrected chi connectivity index (χ2v) is 7.76. The number of rotatable bonds is 9. The number of nitrogens with zero attached hydrogens (tertiary/aromatic N) is 1. The van der Waals surface area contributed by atoms with E-state index >= 15 is 0 Å². The smallest absolute Gasteiger partial charge is 0.230 e. The first-order chi connectivity index (χ1) is 15.7. The molecule has 4 rings (SSSR count). The van der Waals surface area contributed by atoms with E-state index < -0.39 is 6.10 Å². The van der Waals surface area contributed by atoms with Gasteiger partial charge in [0.15, 0.2) is 0 Å². The molecule has 0 saturated heterocycles. The van der Waals surface area contributed by atoms with Crippen molar-refractivity contribution >= 4 is 22.5 Å². The van der Waals surface area contributed by atoms with E-state index in [-0.39, 0.29) is 12.3 Å². The van der Waals surface area contributed by atoms with E-state index in [0.717, 1.165) is 39.8 Å². The number of benzene rings is 3. The Morgan fingerprint density at radius 1 is 0.906 bits per heavy atom. The molecule has 1 amide bonds. The lowest BCUT2D eigenvalue weighted by Crippen LogP contribution is -2.24. The lowest BCUT2D eigenvalue weighted by atomic mass is 10.0. The van der Waals surface area contributed by atoms with Crippen LogP contribution >= 0.6 is 0 Å². The summed E-state index contributed by atoms with van der Waals surface area (Å²) in [5.74, 6) is -0.0889. The summed E-state index contributed by atoms with van der Waals surface area (Å²) in [6, 6.07) is 29.1. The number of carbonyl (C=O) groups is 1. The molecular formula is C27H27N3O2. The van der Waals surface area contributed by atoms with E-state index in [9.17, 15) is 9.90 Å². The molecule has 3 N–H and O–H groups in total. The molecule has 3 aromatic carbocycles. The summed E-state index contributed by atoms with van der Waals surface area (Å²) in [5.41, 5.74) is 4.45. The Balaban J connectivity index is 1.41. The first-order valence-electron chi connectivity index (χ1n) is 10.9. The molecule has 1 heterocycles. The standard InChI is InChI=1S/C27H27N3O2/c31-26(20-9-3-1-4-10-20)19-28-16-15-21-17-23(29-25-14-8-7-13-24(21)25)18-27(32)30-22-11-5-2-6-12-22/h1-14,17,26,28,31H,15-16,18-19H2,(H,30,32)/t26-/m0/s1. The van der Waals surface area contributed by atoms with Crippen molar-refractivity contribution in [3.63, 3.8) is 0 Å². The monoisotopic (exact) mass is 425 g/mol. The van der Waals surface area contributed by atoms with Crippen LogP contribution in [0.4, 0.5) is 5.69 Å². The number of nitrogens with one attached hydrogen (secondary N) is 2. The molecule has 4 aromatic rings. The molecule has 0 spiro atoms. The number of aromatic nitrogens is 1. The van der Waals surface area contributed by atoms with Gasteiger partial charge in [-0.1, -0.05) is 66.7 Å². The first kappa shape index (κ1) is 21.7. The van der Waals surface area contributed by atoms with E-state index in [2.05, 4.69) is 16.7 Å². The highest BCUT2D eigenvalue weighted by atomic mass is 16.3. The number of fused-ring (bicyclic) bond motifs is 1. The van der Waals surface area contributed by atoms with Crippen LogP contribution in [0.5, 0.6) is 0 Å². The van der Waals surface area contributed by atoms with Gasteiger partial charge < -0.3 is 15.7 Å². The molecule has 5 heteroatoms. The van der Waals surface area contributed by atoms with Crippen molar-refractivity contribution in [2.75, 3.05) is 18.4 Å². The van der Waals surface area contributed by atoms with Gasteiger partial charge in [0.2, 0.25) is 5.91 Å². The third-order valence-electron chi connectivity index (χ3n) is 5.35. The van der Waals surface area contributed by atoms with Gasteiger partial charge in [-0.2, -0.15) is 0 Å². The highest BCUT2D eigenvalue weighted by Gasteiger charge is 2.11. The molecule has 0 bridgehead atoms. The number of anilines is 1. The first-order valence-corrected chi connectivity index (χ1v) is 10.9. The molecular weight excluding hydrogens is 398 g/mol. The summed E-state index contributed by atoms with van der Waals surface area (Å²) in [6.45, 7) is 1.20. The fourth-order valence-electron chi connectivity index (χ4n) is 3.75. The Labute approximate surface area is 188 Å². The average molecular weight is 426 g/mol. The fraction of sp³-hybridized carbons (Fsp3) is 0.185. The molecule has 1 atom stereocenters. The molecule has 1 aromatic heterocycles. The molecule has 0 aliphatic carbocycles. The summed E-state index contributed by atoms with van der Waals surface area (Å²) in [4.78, 5) is 17.2. The lowest BCUT2D eigenvalue weighted by molar-refractivity contribution is -0.115. The second kappa shape index (κ2) is 10.7. The molecule has 162 valence electrons. The zero-order chi connectivity index (χ0) is 22.2. The maximum Gasteiger partial charge on any atom is 0.230 e. The van der Waals surface area contributed by atoms with Gasteiger partial charge in [0.05, 0.1) is 23.7 Å². The van der Waals surface area contributed by atoms with E-state index in [0.29, 0.717) is 13.1 Å². The number of hydrogen-bond acceptors (Lipinski definition) is 4. The number of hydrogen-bond donors (Lipinski definition) is 3. The van der Waals surface area contributed by atoms with Crippen LogP contribution in [0.15, 0.2) is 91.0 Å². The van der Waals surface area contributed by atoms with E-state index in [4.69, 9.17) is 4.98 Å². The Morgan fingerprint density at radius 3 is 2.38 bits per heavy atom. The van der Waals surface area contributed by atoms with Gasteiger partial charge in [0.25, 0.3) is 0 Å². The van der Waals surface area contributed by atoms with Gasteiger partial charge in [-0.15, -0.1) is 0 Å². The maximum atomic E-state index is 12.5. The molecule has 0 radical (unpaired) electrons. The summed E-state index contributed by atoms with van der Waals surface area (Å²) in [7, 11) is 0. The molecule has 0 fully saturated rings. The second-order valence-electron chi connectivity index (χ2n) is 7.76. The van der Waals surface area contributed by atoms with Crippen molar-refractivity contribution in [3.05, 3.63) is 108 Å². The van der Waals surface area contributed by atoms with Crippen LogP contribution in [0.25, 0.3) is 10.9 Å². The normalized spacial score (nSPS) is 11.9. The molecule has 0 unspecified atom stereocenters. The highest BCUT2D eigenvalue weighted by Crippen LogP contribution is 2.20. The SMILES string of the molecule is O=C(Cc1cc(CCNC[C@H](O)c2ccccc2)c2ccccc2n1)Nc1ccccc1. The van der Waals surface area contributed by atoms with Crippen LogP contribution < -0.4 is 10.6 Å². The third kappa shape index (κ3) is 5.78. The highest BCUT2D eigenvalue weighted by molar-refractivity contribution is 5.92. The molecule has 0 aliphatic heterocycles. The Bertz CT molecular complexity index is 1160. The lowest BCUT2D eigenvalue weighted by Gasteiger charge is -2.13. The van der Waals surface area contributed by atoms with Crippen molar-refractivity contribution in [1.82, 2.24) is 10.3 Å². The topological polar surface area (TPSA) is 74.2 Å². The van der Waals surface area contributed by atoms with Gasteiger partial charge in [-0.3, -0.25) is 9.78 Å². The predicted octanol–water partition coefficient (Wildman–Crippen LogP) is 4.28. The van der Waals surface area contributed by atoms with E-state index in [1.54, 1.807) is 0 Å². The van der Waals surface area contributed by atoms with Crippen molar-refractivity contribution in [2.45, 2.75) is 18.9 Å². The minimum atomic E-state index is -0.539. The van der Waals surface area contributed by atoms with Crippen molar-refractivity contribution in [3.8, 4) is 0 Å². The zero-order valence-electron chi connectivity index (χ0n) is 17.9. The van der Waals surface area contributed by atoms with Crippen LogP contribution in [0, 0.1) is 0 Å². The van der Waals surface area contributed by atoms with Gasteiger partial charge in [-0.25, -0.2) is 0 Å². The Morgan fingerprint density at radius 2 is 1.59 bits per heavy atom. The number of aliphatic hydroxyl groups is 1. The molecule has 5 nitrogen and oxygen atoms in total. The van der Waals surface area contributed by atoms with Crippen LogP contribution in [0.1, 0.15) is 22.9 Å². The Hall–Kier alpha value is -3.54. The number of para-hydroxylation sites is 2. The summed E-state index contributed by atoms with van der Waals surface area (Å²) in [5, 5.41) is 17.7. The largest absolute Gasteiger partial charge is 0.387 e. The summed E-state index contributed by atoms with van der Waals surface area (Å²) in [6.07, 6.45) is 0.452. The van der Waals surface area contributed by atoms with Gasteiger partial charge in [0, 0.05) is 17.6 Å². The number of aliphatic hydroxyl groups excluding tert-OH is 1. The van der Waals surface area contributed by atoms with Crippen LogP contribution in [-0.4, -0.2) is 29.1 Å². The van der Waals surface area contributed by atoms with Crippen molar-refractivity contribution in [2.24, 2.45) is 0 Å². The van der Waals surface area contributed by atoms with Gasteiger partial charge in [-0.05, 0) is 48.4 Å². The van der Waals surface area contributed by atoms with Crippen molar-refractivity contribution in [1.29, 1.82) is 0 Å². The number of carbonyl (C=O) groups excluding carboxylic acids is 1. The summed E-state index contributed by atoms with van der Waals surface area (Å²) >= 11 is 0. The van der Waals surface area contributed by atoms with Crippen LogP contribution in [0.2, 0.25) is 0 Å². The van der Waals surface area contributed by atoms with Crippen LogP contribution in [-0.2, 0) is 17.6 Å². The quantitative estimate of drug-likeness (QED) is 0.350. The Kier molecular flexibility index (Phi) is 7.23. The predicted molar refractivity (Wildman–Crippen MR) is 128 cm³/mol. The molecule has 0 saturated carbocycles. The molecule has 32 heavy (non-hydrogen) atoms. The van der Waals surface area contributed by atoms with Crippen molar-refractivity contribution < 1.29 is 9.90 Å². The number of amides is 1. The zero-order valence-corrected chi connectivity index (χ0v) is 17.9. The van der Waals surface area contributed by atoms with E-state index in [1.807, 2.05) is 84.9 Å². The van der Waals surface area contributed by atoms with Gasteiger partial charge >= 0.3 is 0 Å². The molecule has 0 aliphatic rings. The average Bonchev–Trinajstić information content (AvgIpc) is 2.82. The number of pyridine rings is 1. The maximum absolute atomic E-state index is 12.5. The minimum absolute atomic E-state index is 0.0889. The van der Waals surface area contributed by atoms with E-state index in [1.165, 1.54) is 0 Å². The van der Waals surface area contributed by atoms with Gasteiger partial charge in [0.1, 0.15) is 0 Å². The summed E-state index contributed by atoms with van der Waals surface area (Å²) < 4.78 is 0. The van der Waals surface area contributed by atoms with Crippen LogP contribution in [0.3, 0.4) is 0 Å². The fourth-order valence-corrected chi connectivity index (χ4v) is 3.75.